The zero-order chi connectivity index (χ0) is 42.5. The van der Waals surface area contributed by atoms with Crippen LogP contribution in [0.4, 0.5) is 20.7 Å². The summed E-state index contributed by atoms with van der Waals surface area (Å²) < 4.78 is 35.7. The maximum Gasteiger partial charge on any atom is 1.00 e. The number of aryl methyl sites for hydroxylation is 1. The molecule has 1 aliphatic carbocycles. The Labute approximate surface area is 396 Å². The van der Waals surface area contributed by atoms with Crippen LogP contribution in [-0.4, -0.2) is 105 Å². The van der Waals surface area contributed by atoms with E-state index in [1.54, 1.807) is 39.8 Å². The molecule has 4 atom stereocenters. The van der Waals surface area contributed by atoms with Gasteiger partial charge in [-0.25, -0.2) is 9.18 Å². The molecule has 0 radical (unpaired) electrons. The number of fused-ring (bicyclic) bond motifs is 5. The Kier molecular flexibility index (Phi) is 14.2. The molecule has 1 N–H and O–H groups in total. The van der Waals surface area contributed by atoms with Crippen LogP contribution >= 0.6 is 0 Å². The van der Waals surface area contributed by atoms with E-state index in [4.69, 9.17) is 24.2 Å². The summed E-state index contributed by atoms with van der Waals surface area (Å²) in [5.41, 5.74) is 3.63. The van der Waals surface area contributed by atoms with Crippen molar-refractivity contribution in [2.24, 2.45) is 0 Å². The van der Waals surface area contributed by atoms with Gasteiger partial charge in [-0.15, -0.1) is 5.60 Å². The number of ether oxygens (including phenoxy) is 3. The van der Waals surface area contributed by atoms with Crippen molar-refractivity contribution in [3.8, 4) is 6.01 Å². The third-order valence-electron chi connectivity index (χ3n) is 11.9. The number of benzene rings is 1. The quantitative estimate of drug-likeness (QED) is 0.365. The number of anilines is 2. The standard InChI is InChI=1S/C40H53FN8O5.C4H9O.K/c1-25-11-13-40(31-17-27(9-10-29(25)31)42-37(51)54-38(2,3)4)20-33-30(23-53-40)34(44-36(43-33)52-24-39-12-7-15-48(39)21-26(41)19-39)47-14-8-16-49-28(22-47)18-32(45-49)35(50)46(5)6;1-4(2,3)5;/h9-10,17-18,25-26H,7-8,11-16,19-24H2,1-6H3,(H,42,51);1-3H3;/q;-1;+1/t25?,26-,39+,40?;;/m1../s1. The van der Waals surface area contributed by atoms with Crippen LogP contribution in [0.5, 0.6) is 6.01 Å². The number of nitrogens with one attached hydrogen (secondary N) is 1. The molecule has 16 heteroatoms. The maximum atomic E-state index is 14.7. The van der Waals surface area contributed by atoms with Crippen molar-refractivity contribution in [2.75, 3.05) is 50.6 Å². The third kappa shape index (κ3) is 10.6. The summed E-state index contributed by atoms with van der Waals surface area (Å²) in [5.74, 6) is 0.933. The van der Waals surface area contributed by atoms with E-state index < -0.39 is 29.1 Å². The van der Waals surface area contributed by atoms with E-state index in [9.17, 15) is 19.1 Å². The van der Waals surface area contributed by atoms with Crippen LogP contribution in [0.2, 0.25) is 0 Å². The zero-order valence-corrected chi connectivity index (χ0v) is 40.4. The number of hydrogen-bond donors (Lipinski definition) is 1. The minimum absolute atomic E-state index is 0. The Morgan fingerprint density at radius 2 is 1.82 bits per heavy atom. The third-order valence-corrected chi connectivity index (χ3v) is 11.9. The SMILES string of the molecule is CC(C)(C)[O-].CC1CCC2(Cc3nc(OC[C@@]45CCCN4C[C@H](F)C5)nc(N4CCCn5nc(C(=O)N(C)C)cc5C4)c3CO2)c2cc(NC(=O)OC(C)(C)C)ccc21.[K+]. The molecule has 0 bridgehead atoms. The van der Waals surface area contributed by atoms with Crippen LogP contribution < -0.4 is 71.4 Å². The van der Waals surface area contributed by atoms with Gasteiger partial charge in [0.05, 0.1) is 35.7 Å². The summed E-state index contributed by atoms with van der Waals surface area (Å²) >= 11 is 0. The molecule has 1 aromatic carbocycles. The predicted molar refractivity (Wildman–Crippen MR) is 220 cm³/mol. The first kappa shape index (κ1) is 46.8. The second-order valence-corrected chi connectivity index (χ2v) is 19.3. The number of halogens is 1. The molecule has 6 heterocycles. The van der Waals surface area contributed by atoms with Crippen molar-refractivity contribution < 1.29 is 84.7 Å². The minimum Gasteiger partial charge on any atom is -0.850 e. The van der Waals surface area contributed by atoms with Gasteiger partial charge in [0.15, 0.2) is 5.69 Å². The number of rotatable bonds is 6. The van der Waals surface area contributed by atoms with Gasteiger partial charge in [-0.3, -0.25) is 19.7 Å². The van der Waals surface area contributed by atoms with E-state index in [-0.39, 0.29) is 68.8 Å². The average molecular weight is 857 g/mol. The average Bonchev–Trinajstić information content (AvgIpc) is 3.77. The molecule has 60 heavy (non-hydrogen) atoms. The summed E-state index contributed by atoms with van der Waals surface area (Å²) in [6.45, 7) is 16.5. The van der Waals surface area contributed by atoms with E-state index in [0.717, 1.165) is 73.5 Å². The topological polar surface area (TPSA) is 150 Å². The molecule has 4 aliphatic heterocycles. The number of alkyl halides is 1. The number of carbonyl (C=O) groups is 2. The summed E-state index contributed by atoms with van der Waals surface area (Å²) in [7, 11) is 3.46. The van der Waals surface area contributed by atoms with Gasteiger partial charge in [-0.1, -0.05) is 33.8 Å². The fourth-order valence-corrected chi connectivity index (χ4v) is 9.22. The Balaban J connectivity index is 0.000000951. The molecule has 5 aliphatic rings. The molecule has 2 unspecified atom stereocenters. The first-order valence-electron chi connectivity index (χ1n) is 21.1. The molecule has 8 rings (SSSR count). The van der Waals surface area contributed by atoms with Crippen LogP contribution in [0.15, 0.2) is 24.3 Å². The van der Waals surface area contributed by atoms with Gasteiger partial charge in [0, 0.05) is 57.8 Å². The van der Waals surface area contributed by atoms with Gasteiger partial charge in [0.1, 0.15) is 24.2 Å². The first-order chi connectivity index (χ1) is 27.7. The van der Waals surface area contributed by atoms with Crippen LogP contribution in [0.1, 0.15) is 131 Å². The second-order valence-electron chi connectivity index (χ2n) is 19.3. The number of carbonyl (C=O) groups excluding carboxylic acids is 2. The van der Waals surface area contributed by atoms with Crippen molar-refractivity contribution in [3.63, 3.8) is 0 Å². The molecule has 1 spiro atoms. The number of hydrogen-bond acceptors (Lipinski definition) is 11. The smallest absolute Gasteiger partial charge is 0.850 e. The minimum atomic E-state index is -0.861. The van der Waals surface area contributed by atoms with Crippen LogP contribution in [-0.2, 0) is 41.2 Å². The second kappa shape index (κ2) is 18.2. The zero-order valence-electron chi connectivity index (χ0n) is 37.3. The van der Waals surface area contributed by atoms with E-state index in [1.165, 1.54) is 5.56 Å². The van der Waals surface area contributed by atoms with Gasteiger partial charge in [0.25, 0.3) is 5.91 Å². The molecule has 2 fully saturated rings. The largest absolute Gasteiger partial charge is 1.00 e. The summed E-state index contributed by atoms with van der Waals surface area (Å²) in [5, 5.41) is 17.7. The fourth-order valence-electron chi connectivity index (χ4n) is 9.22. The van der Waals surface area contributed by atoms with Crippen LogP contribution in [0.3, 0.4) is 0 Å². The van der Waals surface area contributed by atoms with Gasteiger partial charge in [0.2, 0.25) is 0 Å². The maximum absolute atomic E-state index is 14.7. The summed E-state index contributed by atoms with van der Waals surface area (Å²) in [4.78, 5) is 41.8. The van der Waals surface area contributed by atoms with Crippen molar-refractivity contribution in [1.29, 1.82) is 0 Å². The van der Waals surface area contributed by atoms with Crippen LogP contribution in [0.25, 0.3) is 0 Å². The first-order valence-corrected chi connectivity index (χ1v) is 21.1. The molecular weight excluding hydrogens is 795 g/mol. The normalized spacial score (nSPS) is 24.8. The Hall–Kier alpha value is -2.70. The van der Waals surface area contributed by atoms with Gasteiger partial charge >= 0.3 is 63.5 Å². The monoisotopic (exact) mass is 856 g/mol. The molecule has 2 amide bonds. The summed E-state index contributed by atoms with van der Waals surface area (Å²) in [6, 6.07) is 8.22. The summed E-state index contributed by atoms with van der Waals surface area (Å²) in [6.07, 6.45) is 4.03. The van der Waals surface area contributed by atoms with Crippen molar-refractivity contribution in [2.45, 2.75) is 148 Å². The van der Waals surface area contributed by atoms with E-state index in [1.807, 2.05) is 43.7 Å². The van der Waals surface area contributed by atoms with Crippen molar-refractivity contribution in [3.05, 3.63) is 58.0 Å². The number of aromatic nitrogens is 4. The van der Waals surface area contributed by atoms with Crippen molar-refractivity contribution >= 4 is 23.5 Å². The van der Waals surface area contributed by atoms with Crippen molar-refractivity contribution in [1.82, 2.24) is 29.5 Å². The Bertz CT molecular complexity index is 2040. The predicted octanol–water partition coefficient (Wildman–Crippen LogP) is 3.10. The Morgan fingerprint density at radius 1 is 1.07 bits per heavy atom. The fraction of sp³-hybridized carbons (Fsp3) is 0.659. The number of amides is 2. The molecule has 322 valence electrons. The Morgan fingerprint density at radius 3 is 2.53 bits per heavy atom. The van der Waals surface area contributed by atoms with Gasteiger partial charge in [-0.05, 0) is 94.7 Å². The van der Waals surface area contributed by atoms with Crippen LogP contribution in [0, 0.1) is 0 Å². The van der Waals surface area contributed by atoms with E-state index >= 15 is 0 Å². The molecule has 14 nitrogen and oxygen atoms in total. The molecule has 3 aromatic rings. The van der Waals surface area contributed by atoms with E-state index in [0.29, 0.717) is 63.0 Å². The molecule has 0 saturated carbocycles. The van der Waals surface area contributed by atoms with E-state index in [2.05, 4.69) is 33.2 Å². The number of nitrogens with zero attached hydrogens (tertiary/aromatic N) is 7. The van der Waals surface area contributed by atoms with Gasteiger partial charge < -0.3 is 29.1 Å². The molecular formula is C44H62FKN8O6. The molecule has 2 aromatic heterocycles. The molecule has 2 saturated heterocycles. The van der Waals surface area contributed by atoms with Gasteiger partial charge in [-0.2, -0.15) is 15.1 Å².